The smallest absolute Gasteiger partial charge is 0.309 e. The summed E-state index contributed by atoms with van der Waals surface area (Å²) in [5.74, 6) is 0.688. The van der Waals surface area contributed by atoms with Gasteiger partial charge in [-0.2, -0.15) is 0 Å². The average Bonchev–Trinajstić information content (AvgIpc) is 3.11. The minimum absolute atomic E-state index is 0.295. The first-order valence-electron chi connectivity index (χ1n) is 8.97. The van der Waals surface area contributed by atoms with Gasteiger partial charge in [-0.25, -0.2) is 9.97 Å². The molecule has 2 fully saturated rings. The normalized spacial score (nSPS) is 21.0. The van der Waals surface area contributed by atoms with Crippen molar-refractivity contribution < 1.29 is 14.3 Å². The summed E-state index contributed by atoms with van der Waals surface area (Å²) >= 11 is 6.23. The van der Waals surface area contributed by atoms with Gasteiger partial charge in [-0.05, 0) is 31.6 Å². The number of amides is 2. The molecule has 3 rings (SSSR count). The molecule has 0 aliphatic carbocycles. The molecule has 0 saturated carbocycles. The highest BCUT2D eigenvalue weighted by atomic mass is 35.5. The van der Waals surface area contributed by atoms with Gasteiger partial charge in [-0.3, -0.25) is 9.59 Å². The van der Waals surface area contributed by atoms with E-state index < -0.39 is 11.8 Å². The van der Waals surface area contributed by atoms with E-state index in [0.29, 0.717) is 23.5 Å². The van der Waals surface area contributed by atoms with Crippen LogP contribution >= 0.6 is 11.6 Å². The Hall–Kier alpha value is -1.93. The number of carbonyl (C=O) groups excluding carboxylic acids is 2. The van der Waals surface area contributed by atoms with Crippen LogP contribution in [0, 0.1) is 5.92 Å². The van der Waals surface area contributed by atoms with E-state index in [1.165, 1.54) is 0 Å². The van der Waals surface area contributed by atoms with E-state index in [4.69, 9.17) is 27.1 Å². The van der Waals surface area contributed by atoms with Crippen LogP contribution in [-0.4, -0.2) is 54.6 Å². The standard InChI is InChI=1S/C17H24ClN5O3/c18-13-9-14(22-16(21-13)12-3-7-26-8-4-12)23-6-2-11(10-23)1-5-20-17(25)15(19)24/h9,11-12H,1-8,10H2,(H2,19,24)(H,20,25). The van der Waals surface area contributed by atoms with Crippen LogP contribution in [0.15, 0.2) is 6.07 Å². The zero-order valence-corrected chi connectivity index (χ0v) is 15.4. The molecule has 0 bridgehead atoms. The third-order valence-electron chi connectivity index (χ3n) is 4.96. The Labute approximate surface area is 157 Å². The summed E-state index contributed by atoms with van der Waals surface area (Å²) in [6.07, 6.45) is 3.63. The third kappa shape index (κ3) is 4.82. The highest BCUT2D eigenvalue weighted by molar-refractivity contribution is 6.34. The summed E-state index contributed by atoms with van der Waals surface area (Å²) < 4.78 is 5.41. The number of halogens is 1. The van der Waals surface area contributed by atoms with Crippen LogP contribution in [0.25, 0.3) is 0 Å². The number of hydrogen-bond donors (Lipinski definition) is 2. The number of nitrogens with zero attached hydrogens (tertiary/aromatic N) is 3. The molecule has 2 saturated heterocycles. The van der Waals surface area contributed by atoms with E-state index >= 15 is 0 Å². The van der Waals surface area contributed by atoms with Crippen LogP contribution in [-0.2, 0) is 14.3 Å². The minimum atomic E-state index is -0.950. The fourth-order valence-electron chi connectivity index (χ4n) is 3.48. The van der Waals surface area contributed by atoms with Gasteiger partial charge in [0.05, 0.1) is 0 Å². The van der Waals surface area contributed by atoms with Gasteiger partial charge >= 0.3 is 11.8 Å². The van der Waals surface area contributed by atoms with Crippen LogP contribution < -0.4 is 16.0 Å². The molecule has 3 N–H and O–H groups in total. The lowest BCUT2D eigenvalue weighted by Crippen LogP contribution is -2.37. The molecule has 142 valence electrons. The van der Waals surface area contributed by atoms with Crippen LogP contribution in [0.4, 0.5) is 5.82 Å². The second-order valence-electron chi connectivity index (χ2n) is 6.80. The van der Waals surface area contributed by atoms with Gasteiger partial charge in [0.1, 0.15) is 16.8 Å². The second-order valence-corrected chi connectivity index (χ2v) is 7.19. The maximum absolute atomic E-state index is 11.2. The van der Waals surface area contributed by atoms with E-state index in [-0.39, 0.29) is 0 Å². The van der Waals surface area contributed by atoms with Gasteiger partial charge in [-0.1, -0.05) is 11.6 Å². The van der Waals surface area contributed by atoms with Crippen molar-refractivity contribution in [2.24, 2.45) is 11.7 Å². The summed E-state index contributed by atoms with van der Waals surface area (Å²) in [5, 5.41) is 3.00. The number of aromatic nitrogens is 2. The van der Waals surface area contributed by atoms with Crippen molar-refractivity contribution in [1.29, 1.82) is 0 Å². The third-order valence-corrected chi connectivity index (χ3v) is 5.15. The van der Waals surface area contributed by atoms with Crippen molar-refractivity contribution in [2.75, 3.05) is 37.7 Å². The Balaban J connectivity index is 1.57. The molecule has 26 heavy (non-hydrogen) atoms. The maximum atomic E-state index is 11.2. The minimum Gasteiger partial charge on any atom is -0.381 e. The first kappa shape index (κ1) is 18.8. The quantitative estimate of drug-likeness (QED) is 0.577. The summed E-state index contributed by atoms with van der Waals surface area (Å²) in [4.78, 5) is 33.3. The Morgan fingerprint density at radius 2 is 2.08 bits per heavy atom. The highest BCUT2D eigenvalue weighted by Gasteiger charge is 2.26. The van der Waals surface area contributed by atoms with Crippen LogP contribution in [0.3, 0.4) is 0 Å². The summed E-state index contributed by atoms with van der Waals surface area (Å²) in [6, 6.07) is 1.81. The fourth-order valence-corrected chi connectivity index (χ4v) is 3.66. The number of nitrogens with one attached hydrogen (secondary N) is 1. The Kier molecular flexibility index (Phi) is 6.26. The maximum Gasteiger partial charge on any atom is 0.309 e. The van der Waals surface area contributed by atoms with Crippen LogP contribution in [0.1, 0.15) is 37.4 Å². The largest absolute Gasteiger partial charge is 0.381 e. The predicted molar refractivity (Wildman–Crippen MR) is 97.0 cm³/mol. The Morgan fingerprint density at radius 3 is 2.81 bits per heavy atom. The van der Waals surface area contributed by atoms with E-state index in [1.54, 1.807) is 0 Å². The van der Waals surface area contributed by atoms with E-state index in [0.717, 1.165) is 63.6 Å². The lowest BCUT2D eigenvalue weighted by atomic mass is 9.99. The molecule has 2 aliphatic heterocycles. The van der Waals surface area contributed by atoms with Gasteiger partial charge in [0.15, 0.2) is 0 Å². The molecule has 1 unspecified atom stereocenters. The number of primary amides is 1. The van der Waals surface area contributed by atoms with Gasteiger partial charge in [0, 0.05) is 44.8 Å². The molecule has 0 aromatic carbocycles. The van der Waals surface area contributed by atoms with E-state index in [9.17, 15) is 9.59 Å². The SMILES string of the molecule is NC(=O)C(=O)NCCC1CCN(c2cc(Cl)nc(C3CCOCC3)n2)C1. The monoisotopic (exact) mass is 381 g/mol. The Bertz CT molecular complexity index is 666. The van der Waals surface area contributed by atoms with Crippen molar-refractivity contribution in [1.82, 2.24) is 15.3 Å². The first-order valence-corrected chi connectivity index (χ1v) is 9.35. The van der Waals surface area contributed by atoms with Gasteiger partial charge in [-0.15, -0.1) is 0 Å². The van der Waals surface area contributed by atoms with Crippen molar-refractivity contribution in [3.8, 4) is 0 Å². The number of anilines is 1. The lowest BCUT2D eigenvalue weighted by Gasteiger charge is -2.23. The summed E-state index contributed by atoms with van der Waals surface area (Å²) in [6.45, 7) is 3.64. The zero-order valence-electron chi connectivity index (χ0n) is 14.6. The predicted octanol–water partition coefficient (Wildman–Crippen LogP) is 0.842. The van der Waals surface area contributed by atoms with Crippen molar-refractivity contribution in [2.45, 2.75) is 31.6 Å². The van der Waals surface area contributed by atoms with Crippen molar-refractivity contribution in [3.63, 3.8) is 0 Å². The molecular weight excluding hydrogens is 358 g/mol. The van der Waals surface area contributed by atoms with Crippen LogP contribution in [0.5, 0.6) is 0 Å². The van der Waals surface area contributed by atoms with Gasteiger partial charge < -0.3 is 20.7 Å². The number of carbonyl (C=O) groups is 2. The van der Waals surface area contributed by atoms with Gasteiger partial charge in [0.2, 0.25) is 0 Å². The zero-order chi connectivity index (χ0) is 18.5. The molecular formula is C17H24ClN5O3. The molecule has 3 heterocycles. The van der Waals surface area contributed by atoms with Crippen LogP contribution in [0.2, 0.25) is 5.15 Å². The Morgan fingerprint density at radius 1 is 1.31 bits per heavy atom. The molecule has 1 atom stereocenters. The summed E-state index contributed by atoms with van der Waals surface area (Å²) in [7, 11) is 0. The molecule has 2 amide bonds. The molecule has 1 aromatic heterocycles. The summed E-state index contributed by atoms with van der Waals surface area (Å²) in [5.41, 5.74) is 4.92. The molecule has 8 nitrogen and oxygen atoms in total. The number of rotatable bonds is 5. The highest BCUT2D eigenvalue weighted by Crippen LogP contribution is 2.30. The molecule has 0 spiro atoms. The second kappa shape index (κ2) is 8.64. The van der Waals surface area contributed by atoms with Crippen molar-refractivity contribution in [3.05, 3.63) is 17.0 Å². The molecule has 0 radical (unpaired) electrons. The molecule has 2 aliphatic rings. The van der Waals surface area contributed by atoms with E-state index in [1.807, 2.05) is 6.07 Å². The number of nitrogens with two attached hydrogens (primary N) is 1. The topological polar surface area (TPSA) is 110 Å². The average molecular weight is 382 g/mol. The fraction of sp³-hybridized carbons (Fsp3) is 0.647. The van der Waals surface area contributed by atoms with Crippen molar-refractivity contribution >= 4 is 29.2 Å². The number of hydrogen-bond acceptors (Lipinski definition) is 6. The number of ether oxygens (including phenoxy) is 1. The van der Waals surface area contributed by atoms with Gasteiger partial charge in [0.25, 0.3) is 0 Å². The molecule has 9 heteroatoms. The first-order chi connectivity index (χ1) is 12.5. The lowest BCUT2D eigenvalue weighted by molar-refractivity contribution is -0.137. The molecule has 1 aromatic rings. The van der Waals surface area contributed by atoms with E-state index in [2.05, 4.69) is 15.2 Å².